The second-order valence-electron chi connectivity index (χ2n) is 9.41. The summed E-state index contributed by atoms with van der Waals surface area (Å²) in [5, 5.41) is 1.24. The van der Waals surface area contributed by atoms with Crippen molar-refractivity contribution in [3.63, 3.8) is 0 Å². The van der Waals surface area contributed by atoms with Gasteiger partial charge in [0, 0.05) is 46.9 Å². The van der Waals surface area contributed by atoms with Gasteiger partial charge >= 0.3 is 0 Å². The smallest absolute Gasteiger partial charge is 0.265 e. The van der Waals surface area contributed by atoms with Crippen molar-refractivity contribution in [2.24, 2.45) is 5.41 Å². The Hall–Kier alpha value is -1.67. The molecule has 1 saturated heterocycles. The molecule has 2 aromatic carbocycles. The normalized spacial score (nSPS) is 19.5. The number of nitrogens with one attached hydrogen (secondary N) is 1. The number of halogens is 3. The van der Waals surface area contributed by atoms with Crippen molar-refractivity contribution >= 4 is 40.1 Å². The highest BCUT2D eigenvalue weighted by atomic mass is 35.5. The minimum absolute atomic E-state index is 0.0803. The number of nitrogens with zero attached hydrogens (tertiary/aromatic N) is 1. The first-order chi connectivity index (χ1) is 15.5. The first kappa shape index (κ1) is 24.5. The molecule has 1 heterocycles. The molecule has 2 aliphatic rings. The lowest BCUT2D eigenvalue weighted by Crippen LogP contribution is -2.57. The minimum Gasteiger partial charge on any atom is -0.493 e. The van der Waals surface area contributed by atoms with Crippen LogP contribution in [-0.2, 0) is 11.0 Å². The van der Waals surface area contributed by atoms with Gasteiger partial charge in [-0.1, -0.05) is 30.1 Å². The highest BCUT2D eigenvalue weighted by Crippen LogP contribution is 2.46. The molecule has 2 unspecified atom stereocenters. The van der Waals surface area contributed by atoms with E-state index in [1.54, 1.807) is 12.1 Å². The first-order valence-electron chi connectivity index (χ1n) is 10.9. The van der Waals surface area contributed by atoms with Gasteiger partial charge in [-0.3, -0.25) is 14.4 Å². The van der Waals surface area contributed by atoms with Gasteiger partial charge in [-0.25, -0.2) is 8.60 Å². The summed E-state index contributed by atoms with van der Waals surface area (Å²) in [6.07, 6.45) is 3.29. The van der Waals surface area contributed by atoms with Crippen LogP contribution in [0.5, 0.6) is 5.75 Å². The van der Waals surface area contributed by atoms with Crippen molar-refractivity contribution in [1.82, 2.24) is 9.62 Å². The van der Waals surface area contributed by atoms with Crippen molar-refractivity contribution in [3.8, 4) is 5.75 Å². The van der Waals surface area contributed by atoms with Crippen LogP contribution in [0.2, 0.25) is 10.0 Å². The van der Waals surface area contributed by atoms with E-state index in [4.69, 9.17) is 27.9 Å². The minimum atomic E-state index is -1.56. The Kier molecular flexibility index (Phi) is 7.06. The Labute approximate surface area is 206 Å². The molecule has 178 valence electrons. The van der Waals surface area contributed by atoms with Crippen molar-refractivity contribution in [2.75, 3.05) is 26.0 Å². The number of carbonyl (C=O) groups excluding carboxylic acids is 1. The quantitative estimate of drug-likeness (QED) is 0.507. The molecule has 0 bridgehead atoms. The maximum atomic E-state index is 14.7. The molecule has 4 rings (SSSR count). The highest BCUT2D eigenvalue weighted by molar-refractivity contribution is 7.82. The van der Waals surface area contributed by atoms with Crippen LogP contribution in [0.4, 0.5) is 4.39 Å². The topological polar surface area (TPSA) is 58.6 Å². The summed E-state index contributed by atoms with van der Waals surface area (Å²) in [6, 6.07) is 8.58. The number of rotatable bonds is 8. The molecule has 1 N–H and O–H groups in total. The zero-order valence-electron chi connectivity index (χ0n) is 18.8. The fourth-order valence-electron chi connectivity index (χ4n) is 4.35. The van der Waals surface area contributed by atoms with E-state index in [0.717, 1.165) is 37.1 Å². The number of hydrogen-bond acceptors (Lipinski definition) is 4. The van der Waals surface area contributed by atoms with E-state index in [0.29, 0.717) is 22.4 Å². The van der Waals surface area contributed by atoms with Crippen LogP contribution in [0.25, 0.3) is 0 Å². The van der Waals surface area contributed by atoms with Crippen molar-refractivity contribution < 1.29 is 18.1 Å². The van der Waals surface area contributed by atoms with Gasteiger partial charge in [-0.15, -0.1) is 0 Å². The Morgan fingerprint density at radius 1 is 1.24 bits per heavy atom. The summed E-state index contributed by atoms with van der Waals surface area (Å²) in [5.41, 5.74) is 1.72. The van der Waals surface area contributed by atoms with E-state index in [-0.39, 0.29) is 22.9 Å². The van der Waals surface area contributed by atoms with E-state index >= 15 is 0 Å². The number of amides is 1. The summed E-state index contributed by atoms with van der Waals surface area (Å²) >= 11 is 12.3. The Morgan fingerprint density at radius 2 is 1.88 bits per heavy atom. The lowest BCUT2D eigenvalue weighted by molar-refractivity contribution is -0.0429. The van der Waals surface area contributed by atoms with Crippen molar-refractivity contribution in [3.05, 3.63) is 62.9 Å². The SMILES string of the molecule is CC(c1cc(Cl)cc(Cl)c1)N1CC(C)(COc2cc(F)c(C(=O)NS(C)=O)cc2C2CC2)C1. The van der Waals surface area contributed by atoms with Crippen LogP contribution >= 0.6 is 23.2 Å². The fraction of sp³-hybridized carbons (Fsp3) is 0.458. The van der Waals surface area contributed by atoms with E-state index in [1.165, 1.54) is 12.3 Å². The van der Waals surface area contributed by atoms with E-state index in [9.17, 15) is 13.4 Å². The molecule has 1 aliphatic carbocycles. The number of carbonyl (C=O) groups is 1. The predicted molar refractivity (Wildman–Crippen MR) is 130 cm³/mol. The van der Waals surface area contributed by atoms with Gasteiger partial charge in [0.15, 0.2) is 0 Å². The molecule has 9 heteroatoms. The summed E-state index contributed by atoms with van der Waals surface area (Å²) in [7, 11) is -1.56. The maximum absolute atomic E-state index is 14.7. The van der Waals surface area contributed by atoms with Crippen LogP contribution in [-0.4, -0.2) is 41.0 Å². The summed E-state index contributed by atoms with van der Waals surface area (Å²) in [6.45, 7) is 6.35. The average Bonchev–Trinajstić information content (AvgIpc) is 3.53. The van der Waals surface area contributed by atoms with Crippen molar-refractivity contribution in [2.45, 2.75) is 38.6 Å². The van der Waals surface area contributed by atoms with Crippen molar-refractivity contribution in [1.29, 1.82) is 0 Å². The summed E-state index contributed by atoms with van der Waals surface area (Å²) in [5.74, 6) is -0.612. The number of likely N-dealkylation sites (tertiary alicyclic amines) is 1. The van der Waals surface area contributed by atoms with Crippen LogP contribution in [0.3, 0.4) is 0 Å². The van der Waals surface area contributed by atoms with Crippen LogP contribution in [0.1, 0.15) is 60.1 Å². The van der Waals surface area contributed by atoms with Crippen LogP contribution < -0.4 is 9.46 Å². The molecule has 2 atom stereocenters. The summed E-state index contributed by atoms with van der Waals surface area (Å²) in [4.78, 5) is 14.5. The van der Waals surface area contributed by atoms with Gasteiger partial charge in [0.25, 0.3) is 5.91 Å². The molecule has 1 amide bonds. The van der Waals surface area contributed by atoms with Crippen LogP contribution in [0, 0.1) is 11.2 Å². The molecular formula is C24H27Cl2FN2O3S. The third-order valence-corrected chi connectivity index (χ3v) is 7.17. The largest absolute Gasteiger partial charge is 0.493 e. The number of benzene rings is 2. The molecule has 2 aromatic rings. The third kappa shape index (κ3) is 5.70. The molecule has 33 heavy (non-hydrogen) atoms. The Balaban J connectivity index is 1.42. The van der Waals surface area contributed by atoms with Gasteiger partial charge in [0.1, 0.15) is 22.6 Å². The average molecular weight is 513 g/mol. The lowest BCUT2D eigenvalue weighted by atomic mass is 9.81. The van der Waals surface area contributed by atoms with Gasteiger partial charge in [0.2, 0.25) is 0 Å². The second kappa shape index (κ2) is 9.53. The predicted octanol–water partition coefficient (Wildman–Crippen LogP) is 5.50. The molecule has 2 fully saturated rings. The monoisotopic (exact) mass is 512 g/mol. The van der Waals surface area contributed by atoms with Gasteiger partial charge in [0.05, 0.1) is 12.2 Å². The van der Waals surface area contributed by atoms with Gasteiger partial charge in [-0.2, -0.15) is 0 Å². The van der Waals surface area contributed by atoms with Gasteiger partial charge in [-0.05, 0) is 61.1 Å². The van der Waals surface area contributed by atoms with E-state index < -0.39 is 22.7 Å². The highest BCUT2D eigenvalue weighted by Gasteiger charge is 2.42. The second-order valence-corrected chi connectivity index (χ2v) is 11.4. The Morgan fingerprint density at radius 3 is 2.45 bits per heavy atom. The lowest BCUT2D eigenvalue weighted by Gasteiger charge is -2.50. The molecule has 5 nitrogen and oxygen atoms in total. The summed E-state index contributed by atoms with van der Waals surface area (Å²) < 4.78 is 34.3. The van der Waals surface area contributed by atoms with Crippen LogP contribution in [0.15, 0.2) is 30.3 Å². The zero-order valence-corrected chi connectivity index (χ0v) is 21.1. The molecular weight excluding hydrogens is 486 g/mol. The molecule has 0 aromatic heterocycles. The number of hydrogen-bond donors (Lipinski definition) is 1. The molecule has 1 saturated carbocycles. The number of ether oxygens (including phenoxy) is 1. The molecule has 1 aliphatic heterocycles. The van der Waals surface area contributed by atoms with E-state index in [2.05, 4.69) is 23.5 Å². The first-order valence-corrected chi connectivity index (χ1v) is 13.2. The Bertz CT molecular complexity index is 1080. The fourth-order valence-corrected chi connectivity index (χ4v) is 5.26. The zero-order chi connectivity index (χ0) is 23.9. The molecule has 0 radical (unpaired) electrons. The van der Waals surface area contributed by atoms with Gasteiger partial charge < -0.3 is 4.74 Å². The standard InChI is InChI=1S/C24H27Cl2FN2O3S/c1-14(16-6-17(25)8-18(26)7-16)29-11-24(2,12-29)13-32-22-10-21(27)20(23(30)28-33(3)31)9-19(22)15-4-5-15/h6-10,14-15H,4-5,11-13H2,1-3H3,(H,28,30). The maximum Gasteiger partial charge on any atom is 0.265 e. The third-order valence-electron chi connectivity index (χ3n) is 6.26. The molecule has 0 spiro atoms. The van der Waals surface area contributed by atoms with E-state index in [1.807, 2.05) is 12.1 Å².